The van der Waals surface area contributed by atoms with Gasteiger partial charge in [-0.3, -0.25) is 9.59 Å². The third-order valence-electron chi connectivity index (χ3n) is 6.10. The number of carbonyl (C=O) groups excluding carboxylic acids is 2. The molecule has 5 nitrogen and oxygen atoms in total. The topological polar surface area (TPSA) is 52.7 Å². The number of anilines is 3. The van der Waals surface area contributed by atoms with E-state index in [0.29, 0.717) is 6.54 Å². The number of hydrogen-bond acceptors (Lipinski definition) is 3. The molecule has 152 valence electrons. The number of hydrogen-bond donors (Lipinski definition) is 1. The van der Waals surface area contributed by atoms with Crippen LogP contribution < -0.4 is 15.1 Å². The predicted molar refractivity (Wildman–Crippen MR) is 117 cm³/mol. The van der Waals surface area contributed by atoms with Gasteiger partial charge in [0.05, 0.1) is 17.3 Å². The van der Waals surface area contributed by atoms with E-state index in [-0.39, 0.29) is 24.2 Å². The molecule has 0 saturated carbocycles. The zero-order valence-electron chi connectivity index (χ0n) is 17.2. The van der Waals surface area contributed by atoms with Gasteiger partial charge in [-0.1, -0.05) is 31.2 Å². The van der Waals surface area contributed by atoms with Gasteiger partial charge in [-0.15, -0.1) is 0 Å². The highest BCUT2D eigenvalue weighted by molar-refractivity contribution is 6.04. The van der Waals surface area contributed by atoms with Gasteiger partial charge >= 0.3 is 0 Å². The first-order valence-electron chi connectivity index (χ1n) is 10.5. The highest BCUT2D eigenvalue weighted by Gasteiger charge is 2.35. The van der Waals surface area contributed by atoms with Crippen molar-refractivity contribution >= 4 is 28.9 Å². The Hall–Kier alpha value is -2.82. The summed E-state index contributed by atoms with van der Waals surface area (Å²) in [6, 6.07) is 15.9. The molecule has 2 fully saturated rings. The Labute approximate surface area is 172 Å². The van der Waals surface area contributed by atoms with E-state index in [1.54, 1.807) is 4.90 Å². The second kappa shape index (κ2) is 8.27. The molecule has 2 aliphatic rings. The van der Waals surface area contributed by atoms with Gasteiger partial charge in [0.25, 0.3) is 0 Å². The molecule has 4 rings (SSSR count). The van der Waals surface area contributed by atoms with Crippen molar-refractivity contribution in [2.75, 3.05) is 34.8 Å². The number of para-hydroxylation sites is 2. The summed E-state index contributed by atoms with van der Waals surface area (Å²) in [6.07, 6.45) is 2.60. The summed E-state index contributed by atoms with van der Waals surface area (Å²) in [5.41, 5.74) is 3.89. The lowest BCUT2D eigenvalue weighted by molar-refractivity contribution is -0.122. The van der Waals surface area contributed by atoms with Gasteiger partial charge in [0.2, 0.25) is 11.8 Å². The van der Waals surface area contributed by atoms with E-state index in [9.17, 15) is 9.59 Å². The molecule has 2 aliphatic heterocycles. The Balaban J connectivity index is 1.46. The summed E-state index contributed by atoms with van der Waals surface area (Å²) in [6.45, 7) is 6.75. The zero-order valence-corrected chi connectivity index (χ0v) is 17.2. The Morgan fingerprint density at radius 2 is 1.83 bits per heavy atom. The number of benzene rings is 2. The van der Waals surface area contributed by atoms with Crippen molar-refractivity contribution in [1.29, 1.82) is 0 Å². The van der Waals surface area contributed by atoms with Gasteiger partial charge < -0.3 is 15.1 Å². The zero-order chi connectivity index (χ0) is 20.4. The molecule has 29 heavy (non-hydrogen) atoms. The summed E-state index contributed by atoms with van der Waals surface area (Å²) < 4.78 is 0. The first kappa shape index (κ1) is 19.5. The van der Waals surface area contributed by atoms with Crippen LogP contribution in [0.15, 0.2) is 48.5 Å². The predicted octanol–water partition coefficient (Wildman–Crippen LogP) is 4.22. The Kier molecular flexibility index (Phi) is 5.56. The molecule has 2 aromatic rings. The first-order valence-corrected chi connectivity index (χ1v) is 10.5. The third-order valence-corrected chi connectivity index (χ3v) is 6.10. The van der Waals surface area contributed by atoms with Crippen molar-refractivity contribution in [3.05, 3.63) is 54.1 Å². The average Bonchev–Trinajstić information content (AvgIpc) is 3.11. The fourth-order valence-corrected chi connectivity index (χ4v) is 4.27. The van der Waals surface area contributed by atoms with Crippen molar-refractivity contribution in [1.82, 2.24) is 0 Å². The number of nitrogens with zero attached hydrogens (tertiary/aromatic N) is 2. The van der Waals surface area contributed by atoms with E-state index >= 15 is 0 Å². The lowest BCUT2D eigenvalue weighted by Gasteiger charge is -2.33. The van der Waals surface area contributed by atoms with Crippen LogP contribution in [0, 0.1) is 18.8 Å². The van der Waals surface area contributed by atoms with Gasteiger partial charge in [-0.05, 0) is 55.5 Å². The third kappa shape index (κ3) is 4.29. The van der Waals surface area contributed by atoms with Crippen LogP contribution in [0.1, 0.15) is 31.7 Å². The summed E-state index contributed by atoms with van der Waals surface area (Å²) >= 11 is 0. The monoisotopic (exact) mass is 391 g/mol. The largest absolute Gasteiger partial charge is 0.370 e. The van der Waals surface area contributed by atoms with E-state index in [4.69, 9.17) is 0 Å². The summed E-state index contributed by atoms with van der Waals surface area (Å²) in [5, 5.41) is 3.11. The first-order chi connectivity index (χ1) is 14.0. The van der Waals surface area contributed by atoms with Gasteiger partial charge in [-0.2, -0.15) is 0 Å². The van der Waals surface area contributed by atoms with Crippen molar-refractivity contribution in [2.24, 2.45) is 11.8 Å². The smallest absolute Gasteiger partial charge is 0.229 e. The molecule has 0 aliphatic carbocycles. The van der Waals surface area contributed by atoms with Gasteiger partial charge in [0.15, 0.2) is 0 Å². The number of nitrogens with one attached hydrogen (secondary N) is 1. The molecule has 1 atom stereocenters. The molecular formula is C24H29N3O2. The SMILES string of the molecule is Cc1cccc(N2C[C@H](C(=O)Nc3ccccc3N3CCC(C)CC3)CC2=O)c1. The highest BCUT2D eigenvalue weighted by Crippen LogP contribution is 2.31. The van der Waals surface area contributed by atoms with Crippen LogP contribution in [-0.2, 0) is 9.59 Å². The van der Waals surface area contributed by atoms with Crippen molar-refractivity contribution < 1.29 is 9.59 Å². The molecule has 0 aromatic heterocycles. The number of piperidine rings is 1. The minimum atomic E-state index is -0.336. The summed E-state index contributed by atoms with van der Waals surface area (Å²) in [4.78, 5) is 29.6. The van der Waals surface area contributed by atoms with Crippen LogP contribution in [-0.4, -0.2) is 31.4 Å². The standard InChI is InChI=1S/C24H29N3O2/c1-17-10-12-26(13-11-17)22-9-4-3-8-21(22)25-24(29)19-15-23(28)27(16-19)20-7-5-6-18(2)14-20/h3-9,14,17,19H,10-13,15-16H2,1-2H3,(H,25,29)/t19-/m1/s1. The Morgan fingerprint density at radius 1 is 1.07 bits per heavy atom. The van der Waals surface area contributed by atoms with Crippen LogP contribution in [0.2, 0.25) is 0 Å². The second-order valence-electron chi connectivity index (χ2n) is 8.42. The van der Waals surface area contributed by atoms with Crippen molar-refractivity contribution in [3.8, 4) is 0 Å². The van der Waals surface area contributed by atoms with Gasteiger partial charge in [0, 0.05) is 31.7 Å². The number of aryl methyl sites for hydroxylation is 1. The van der Waals surface area contributed by atoms with Crippen molar-refractivity contribution in [3.63, 3.8) is 0 Å². The van der Waals surface area contributed by atoms with E-state index in [2.05, 4.69) is 23.2 Å². The molecule has 0 spiro atoms. The van der Waals surface area contributed by atoms with Crippen LogP contribution in [0.4, 0.5) is 17.1 Å². The summed E-state index contributed by atoms with van der Waals surface area (Å²) in [7, 11) is 0. The summed E-state index contributed by atoms with van der Waals surface area (Å²) in [5.74, 6) is 0.350. The lowest BCUT2D eigenvalue weighted by atomic mass is 9.98. The fourth-order valence-electron chi connectivity index (χ4n) is 4.27. The van der Waals surface area contributed by atoms with Crippen LogP contribution >= 0.6 is 0 Å². The normalized spacial score (nSPS) is 20.2. The van der Waals surface area contributed by atoms with Crippen LogP contribution in [0.5, 0.6) is 0 Å². The molecule has 2 aromatic carbocycles. The lowest BCUT2D eigenvalue weighted by Crippen LogP contribution is -2.34. The average molecular weight is 392 g/mol. The number of rotatable bonds is 4. The van der Waals surface area contributed by atoms with E-state index in [1.807, 2.05) is 49.4 Å². The van der Waals surface area contributed by atoms with Gasteiger partial charge in [0.1, 0.15) is 0 Å². The van der Waals surface area contributed by atoms with Gasteiger partial charge in [-0.25, -0.2) is 0 Å². The fraction of sp³-hybridized carbons (Fsp3) is 0.417. The quantitative estimate of drug-likeness (QED) is 0.849. The molecule has 0 unspecified atom stereocenters. The molecule has 2 amide bonds. The molecule has 1 N–H and O–H groups in total. The maximum atomic E-state index is 13.0. The van der Waals surface area contributed by atoms with E-state index in [1.165, 1.54) is 12.8 Å². The minimum absolute atomic E-state index is 0.00838. The number of amides is 2. The molecule has 2 saturated heterocycles. The van der Waals surface area contributed by atoms with E-state index < -0.39 is 0 Å². The Morgan fingerprint density at radius 3 is 2.59 bits per heavy atom. The maximum Gasteiger partial charge on any atom is 0.229 e. The van der Waals surface area contributed by atoms with Crippen LogP contribution in [0.25, 0.3) is 0 Å². The minimum Gasteiger partial charge on any atom is -0.370 e. The molecule has 0 radical (unpaired) electrons. The highest BCUT2D eigenvalue weighted by atomic mass is 16.2. The molecule has 5 heteroatoms. The maximum absolute atomic E-state index is 13.0. The Bertz CT molecular complexity index is 903. The second-order valence-corrected chi connectivity index (χ2v) is 8.42. The van der Waals surface area contributed by atoms with Crippen LogP contribution in [0.3, 0.4) is 0 Å². The van der Waals surface area contributed by atoms with Crippen molar-refractivity contribution in [2.45, 2.75) is 33.1 Å². The molecule has 0 bridgehead atoms. The molecular weight excluding hydrogens is 362 g/mol. The number of carbonyl (C=O) groups is 2. The molecule has 2 heterocycles. The van der Waals surface area contributed by atoms with E-state index in [0.717, 1.165) is 41.6 Å².